The molecule has 0 aromatic heterocycles. The number of hydrogen-bond donors (Lipinski definition) is 1. The largest absolute Gasteiger partial charge is 0.505 e. The summed E-state index contributed by atoms with van der Waals surface area (Å²) in [6.07, 6.45) is 2.62. The molecule has 0 aliphatic carbocycles. The van der Waals surface area contributed by atoms with Gasteiger partial charge in [-0.05, 0) is 30.7 Å². The fraction of sp³-hybridized carbons (Fsp3) is 0.182. The molecule has 0 saturated carbocycles. The first-order valence-electron chi connectivity index (χ1n) is 4.47. The molecule has 0 spiro atoms. The van der Waals surface area contributed by atoms with E-state index in [-0.39, 0.29) is 0 Å². The van der Waals surface area contributed by atoms with E-state index >= 15 is 0 Å². The third kappa shape index (κ3) is 3.42. The van der Waals surface area contributed by atoms with Crippen LogP contribution in [0.3, 0.4) is 0 Å². The van der Waals surface area contributed by atoms with Crippen molar-refractivity contribution in [1.82, 2.24) is 0 Å². The molecule has 0 aliphatic rings. The maximum atomic E-state index is 12.9. The number of benzene rings is 1. The Balaban J connectivity index is 2.72. The summed E-state index contributed by atoms with van der Waals surface area (Å²) in [6.45, 7) is 2.00. The fourth-order valence-corrected chi connectivity index (χ4v) is 0.981. The zero-order valence-corrected chi connectivity index (χ0v) is 8.24. The second kappa shape index (κ2) is 5.14. The Hall–Kier alpha value is -1.84. The van der Waals surface area contributed by atoms with E-state index in [9.17, 15) is 9.18 Å². The van der Waals surface area contributed by atoms with Gasteiger partial charge in [-0.1, -0.05) is 6.07 Å². The topological polar surface area (TPSA) is 46.5 Å². The molecule has 0 bridgehead atoms. The minimum absolute atomic E-state index is 0.299. The highest BCUT2D eigenvalue weighted by Gasteiger charge is 1.99. The van der Waals surface area contributed by atoms with Gasteiger partial charge < -0.3 is 9.84 Å². The van der Waals surface area contributed by atoms with Crippen LogP contribution in [0.2, 0.25) is 0 Å². The number of phenols is 1. The molecule has 0 amide bonds. The van der Waals surface area contributed by atoms with Crippen LogP contribution in [-0.2, 0) is 9.53 Å². The van der Waals surface area contributed by atoms with E-state index in [1.54, 1.807) is 6.92 Å². The van der Waals surface area contributed by atoms with E-state index in [0.29, 0.717) is 12.2 Å². The van der Waals surface area contributed by atoms with Gasteiger partial charge in [0.25, 0.3) is 0 Å². The standard InChI is InChI=1S/C11H11FO3/c1-2-15-11(14)6-4-8-3-5-10(13)9(12)7-8/h3-7,13H,2H2,1H3/b6-4+. The Morgan fingerprint density at radius 2 is 2.33 bits per heavy atom. The molecule has 0 fully saturated rings. The molecule has 0 atom stereocenters. The molecule has 0 saturated heterocycles. The summed E-state index contributed by atoms with van der Waals surface area (Å²) in [6, 6.07) is 3.85. The van der Waals surface area contributed by atoms with E-state index in [0.717, 1.165) is 6.07 Å². The van der Waals surface area contributed by atoms with Crippen molar-refractivity contribution < 1.29 is 19.0 Å². The number of ether oxygens (including phenoxy) is 1. The molecule has 3 nitrogen and oxygen atoms in total. The molecule has 1 aromatic carbocycles. The van der Waals surface area contributed by atoms with Crippen LogP contribution in [0.15, 0.2) is 24.3 Å². The third-order valence-electron chi connectivity index (χ3n) is 1.67. The van der Waals surface area contributed by atoms with Crippen LogP contribution in [0.25, 0.3) is 6.08 Å². The van der Waals surface area contributed by atoms with Crippen molar-refractivity contribution in [2.75, 3.05) is 6.61 Å². The van der Waals surface area contributed by atoms with Gasteiger partial charge in [-0.15, -0.1) is 0 Å². The number of phenolic OH excluding ortho intramolecular Hbond substituents is 1. The number of esters is 1. The molecular formula is C11H11FO3. The summed E-state index contributed by atoms with van der Waals surface area (Å²) < 4.78 is 17.5. The molecule has 0 heterocycles. The van der Waals surface area contributed by atoms with E-state index in [2.05, 4.69) is 4.74 Å². The SMILES string of the molecule is CCOC(=O)/C=C/c1ccc(O)c(F)c1. The maximum absolute atomic E-state index is 12.9. The number of halogens is 1. The minimum atomic E-state index is -0.721. The lowest BCUT2D eigenvalue weighted by molar-refractivity contribution is -0.137. The highest BCUT2D eigenvalue weighted by molar-refractivity contribution is 5.87. The summed E-state index contributed by atoms with van der Waals surface area (Å²) >= 11 is 0. The first-order chi connectivity index (χ1) is 7.13. The Morgan fingerprint density at radius 3 is 2.93 bits per heavy atom. The van der Waals surface area contributed by atoms with Crippen LogP contribution in [0.1, 0.15) is 12.5 Å². The maximum Gasteiger partial charge on any atom is 0.330 e. The normalized spacial score (nSPS) is 10.5. The number of carbonyl (C=O) groups excluding carboxylic acids is 1. The molecule has 80 valence electrons. The lowest BCUT2D eigenvalue weighted by Gasteiger charge is -1.97. The Morgan fingerprint density at radius 1 is 1.60 bits per heavy atom. The van der Waals surface area contributed by atoms with Crippen molar-refractivity contribution in [2.24, 2.45) is 0 Å². The second-order valence-electron chi connectivity index (χ2n) is 2.80. The lowest BCUT2D eigenvalue weighted by atomic mass is 10.2. The van der Waals surface area contributed by atoms with E-state index < -0.39 is 17.5 Å². The van der Waals surface area contributed by atoms with Gasteiger partial charge in [0.05, 0.1) is 6.61 Å². The van der Waals surface area contributed by atoms with Gasteiger partial charge in [-0.25, -0.2) is 9.18 Å². The van der Waals surface area contributed by atoms with Crippen molar-refractivity contribution >= 4 is 12.0 Å². The first-order valence-corrected chi connectivity index (χ1v) is 4.47. The number of hydrogen-bond acceptors (Lipinski definition) is 3. The predicted octanol–water partition coefficient (Wildman–Crippen LogP) is 2.11. The van der Waals surface area contributed by atoms with Crippen molar-refractivity contribution in [3.8, 4) is 5.75 Å². The zero-order valence-electron chi connectivity index (χ0n) is 8.24. The molecular weight excluding hydrogens is 199 g/mol. The van der Waals surface area contributed by atoms with Gasteiger partial charge in [0, 0.05) is 6.08 Å². The van der Waals surface area contributed by atoms with Gasteiger partial charge in [0.1, 0.15) is 0 Å². The van der Waals surface area contributed by atoms with Crippen molar-refractivity contribution in [2.45, 2.75) is 6.92 Å². The van der Waals surface area contributed by atoms with Gasteiger partial charge in [0.2, 0.25) is 0 Å². The zero-order chi connectivity index (χ0) is 11.3. The molecule has 15 heavy (non-hydrogen) atoms. The van der Waals surface area contributed by atoms with Crippen LogP contribution in [0.5, 0.6) is 5.75 Å². The Labute approximate surface area is 86.8 Å². The van der Waals surface area contributed by atoms with Gasteiger partial charge in [-0.2, -0.15) is 0 Å². The van der Waals surface area contributed by atoms with E-state index in [4.69, 9.17) is 5.11 Å². The average molecular weight is 210 g/mol. The van der Waals surface area contributed by atoms with Crippen LogP contribution < -0.4 is 0 Å². The summed E-state index contributed by atoms with van der Waals surface area (Å²) in [5.74, 6) is -1.62. The fourth-order valence-electron chi connectivity index (χ4n) is 0.981. The molecule has 4 heteroatoms. The van der Waals surface area contributed by atoms with Crippen molar-refractivity contribution in [1.29, 1.82) is 0 Å². The quantitative estimate of drug-likeness (QED) is 0.614. The first kappa shape index (κ1) is 11.2. The summed E-state index contributed by atoms with van der Waals surface area (Å²) in [4.78, 5) is 10.9. The second-order valence-corrected chi connectivity index (χ2v) is 2.80. The number of carbonyl (C=O) groups is 1. The van der Waals surface area contributed by atoms with Gasteiger partial charge in [-0.3, -0.25) is 0 Å². The molecule has 1 N–H and O–H groups in total. The Bertz CT molecular complexity index is 385. The molecule has 0 unspecified atom stereocenters. The molecule has 0 aliphatic heterocycles. The van der Waals surface area contributed by atoms with Crippen molar-refractivity contribution in [3.05, 3.63) is 35.7 Å². The van der Waals surface area contributed by atoms with Gasteiger partial charge in [0.15, 0.2) is 11.6 Å². The highest BCUT2D eigenvalue weighted by atomic mass is 19.1. The summed E-state index contributed by atoms with van der Waals surface area (Å²) in [5, 5.41) is 8.91. The Kier molecular flexibility index (Phi) is 3.85. The number of rotatable bonds is 3. The van der Waals surface area contributed by atoms with Crippen molar-refractivity contribution in [3.63, 3.8) is 0 Å². The number of aromatic hydroxyl groups is 1. The summed E-state index contributed by atoms with van der Waals surface area (Å²) in [7, 11) is 0. The van der Waals surface area contributed by atoms with Crippen LogP contribution in [0.4, 0.5) is 4.39 Å². The van der Waals surface area contributed by atoms with E-state index in [1.807, 2.05) is 0 Å². The highest BCUT2D eigenvalue weighted by Crippen LogP contribution is 2.16. The lowest BCUT2D eigenvalue weighted by Crippen LogP contribution is -1.98. The average Bonchev–Trinajstić information content (AvgIpc) is 2.20. The third-order valence-corrected chi connectivity index (χ3v) is 1.67. The van der Waals surface area contributed by atoms with Gasteiger partial charge >= 0.3 is 5.97 Å². The monoisotopic (exact) mass is 210 g/mol. The minimum Gasteiger partial charge on any atom is -0.505 e. The predicted molar refractivity (Wildman–Crippen MR) is 53.7 cm³/mol. The molecule has 0 radical (unpaired) electrons. The summed E-state index contributed by atoms with van der Waals surface area (Å²) in [5.41, 5.74) is 0.485. The smallest absolute Gasteiger partial charge is 0.330 e. The molecule has 1 rings (SSSR count). The van der Waals surface area contributed by atoms with Crippen LogP contribution in [-0.4, -0.2) is 17.7 Å². The van der Waals surface area contributed by atoms with Crippen LogP contribution >= 0.6 is 0 Å². The van der Waals surface area contributed by atoms with Crippen LogP contribution in [0, 0.1) is 5.82 Å². The van der Waals surface area contributed by atoms with E-state index in [1.165, 1.54) is 24.3 Å². The molecule has 1 aromatic rings.